The van der Waals surface area contributed by atoms with Crippen molar-refractivity contribution in [3.63, 3.8) is 0 Å². The number of esters is 1. The molecule has 1 aromatic rings. The van der Waals surface area contributed by atoms with Crippen molar-refractivity contribution in [2.24, 2.45) is 34.8 Å². The monoisotopic (exact) mass is 523 g/mol. The zero-order valence-electron chi connectivity index (χ0n) is 22.8. The molecule has 0 aliphatic heterocycles. The molecule has 5 N–H and O–H groups in total. The summed E-state index contributed by atoms with van der Waals surface area (Å²) >= 11 is 0. The lowest BCUT2D eigenvalue weighted by Gasteiger charge is -2.50. The van der Waals surface area contributed by atoms with Gasteiger partial charge in [0, 0.05) is 35.6 Å². The Kier molecular flexibility index (Phi) is 6.54. The van der Waals surface area contributed by atoms with Gasteiger partial charge in [0.05, 0.1) is 18.6 Å². The molecule has 1 aromatic carbocycles. The van der Waals surface area contributed by atoms with E-state index < -0.39 is 39.8 Å². The normalized spacial score (nSPS) is 39.6. The zero-order valence-corrected chi connectivity index (χ0v) is 22.8. The Bertz CT molecular complexity index is 1190. The number of aliphatic hydroxyl groups excluding tert-OH is 1. The van der Waals surface area contributed by atoms with Crippen LogP contribution in [0.5, 0.6) is 0 Å². The van der Waals surface area contributed by atoms with Crippen LogP contribution in [0.1, 0.15) is 58.9 Å². The van der Waals surface area contributed by atoms with Gasteiger partial charge >= 0.3 is 5.97 Å². The Hall–Kier alpha value is -2.32. The van der Waals surface area contributed by atoms with Crippen LogP contribution in [-0.4, -0.2) is 56.5 Å². The van der Waals surface area contributed by atoms with Crippen molar-refractivity contribution in [2.45, 2.75) is 82.6 Å². The maximum Gasteiger partial charge on any atom is 0.307 e. The van der Waals surface area contributed by atoms with E-state index in [1.807, 2.05) is 57.2 Å². The van der Waals surface area contributed by atoms with Crippen LogP contribution in [0.4, 0.5) is 0 Å². The van der Waals surface area contributed by atoms with Crippen molar-refractivity contribution < 1.29 is 29.6 Å². The first-order valence-corrected chi connectivity index (χ1v) is 13.8. The van der Waals surface area contributed by atoms with Gasteiger partial charge in [0.25, 0.3) is 0 Å². The van der Waals surface area contributed by atoms with Crippen LogP contribution in [0, 0.1) is 29.1 Å². The number of fused-ring (bicyclic) bond motifs is 5. The summed E-state index contributed by atoms with van der Waals surface area (Å²) in [4.78, 5) is 26.2. The van der Waals surface area contributed by atoms with Crippen LogP contribution in [0.15, 0.2) is 53.6 Å². The molecule has 5 rings (SSSR count). The fraction of sp³-hybridized carbons (Fsp3) is 0.613. The van der Waals surface area contributed by atoms with Crippen LogP contribution < -0.4 is 5.73 Å². The van der Waals surface area contributed by atoms with Crippen molar-refractivity contribution in [1.82, 2.24) is 0 Å². The largest absolute Gasteiger partial charge is 0.458 e. The summed E-state index contributed by atoms with van der Waals surface area (Å²) in [5.74, 6) is -2.66. The highest BCUT2D eigenvalue weighted by Crippen LogP contribution is 2.76. The molecule has 8 atom stereocenters. The predicted molar refractivity (Wildman–Crippen MR) is 143 cm³/mol. The molecule has 4 aliphatic carbocycles. The number of benzene rings is 1. The highest BCUT2D eigenvalue weighted by Gasteiger charge is 2.83. The van der Waals surface area contributed by atoms with E-state index in [1.54, 1.807) is 13.0 Å². The molecule has 0 heterocycles. The van der Waals surface area contributed by atoms with E-state index in [1.165, 1.54) is 5.56 Å². The van der Waals surface area contributed by atoms with Gasteiger partial charge in [-0.25, -0.2) is 0 Å². The highest BCUT2D eigenvalue weighted by molar-refractivity contribution is 6.04. The summed E-state index contributed by atoms with van der Waals surface area (Å²) in [6, 6.07) is 9.70. The number of rotatable bonds is 7. The first-order valence-electron chi connectivity index (χ1n) is 13.8. The van der Waals surface area contributed by atoms with Gasteiger partial charge in [0.2, 0.25) is 0 Å². The number of hydrogen-bond acceptors (Lipinski definition) is 7. The standard InChI is InChI=1S/C31H41NO6/c1-18-12-24-29(36,27(18)35)16-21(17-33)13-23-26-28(3,4)30(26,15-19(2)31(23,24)37)38-25(34)14-22(32)11-10-20-8-6-5-7-9-20/h5-9,12-13,19,22-24,26,33,36-37H,10-11,14-17,32H2,1-4H3/t19-,22+,23+,24-,26?,29-,30+,31-/m1/s1. The summed E-state index contributed by atoms with van der Waals surface area (Å²) in [7, 11) is 0. The van der Waals surface area contributed by atoms with E-state index in [-0.39, 0.29) is 43.3 Å². The minimum absolute atomic E-state index is 0.0252. The van der Waals surface area contributed by atoms with Crippen molar-refractivity contribution in [1.29, 1.82) is 0 Å². The van der Waals surface area contributed by atoms with Crippen LogP contribution in [0.25, 0.3) is 0 Å². The third-order valence-corrected chi connectivity index (χ3v) is 10.2. The summed E-state index contributed by atoms with van der Waals surface area (Å²) in [5.41, 5.74) is 3.99. The van der Waals surface area contributed by atoms with Gasteiger partial charge in [-0.1, -0.05) is 63.3 Å². The third kappa shape index (κ3) is 3.85. The van der Waals surface area contributed by atoms with Crippen LogP contribution >= 0.6 is 0 Å². The number of aryl methyl sites for hydroxylation is 1. The molecule has 38 heavy (non-hydrogen) atoms. The van der Waals surface area contributed by atoms with E-state index in [2.05, 4.69) is 0 Å². The third-order valence-electron chi connectivity index (χ3n) is 10.2. The second-order valence-corrected chi connectivity index (χ2v) is 12.8. The second kappa shape index (κ2) is 9.12. The van der Waals surface area contributed by atoms with Gasteiger partial charge in [-0.2, -0.15) is 0 Å². The van der Waals surface area contributed by atoms with Gasteiger partial charge in [0.15, 0.2) is 5.78 Å². The first-order chi connectivity index (χ1) is 17.8. The van der Waals surface area contributed by atoms with Crippen molar-refractivity contribution in [3.05, 3.63) is 59.2 Å². The SMILES string of the molecule is CC1=C[C@H]2[C@@]3(O)[C@H](C)C[C@]4(OC(=O)C[C@@H](N)CCc5ccccc5)C([C@@H]3C=C(CO)C[C@]2(O)C1=O)C4(C)C. The number of ether oxygens (including phenoxy) is 1. The van der Waals surface area contributed by atoms with E-state index in [0.717, 1.165) is 6.42 Å². The number of carbonyl (C=O) groups excluding carboxylic acids is 2. The Morgan fingerprint density at radius 1 is 1.18 bits per heavy atom. The molecule has 4 aliphatic rings. The number of Topliss-reactive ketones (excluding diaryl/α,β-unsaturated/α-hetero) is 1. The summed E-state index contributed by atoms with van der Waals surface area (Å²) in [5, 5.41) is 34.1. The summed E-state index contributed by atoms with van der Waals surface area (Å²) < 4.78 is 6.28. The number of nitrogens with two attached hydrogens (primary N) is 1. The van der Waals surface area contributed by atoms with E-state index in [9.17, 15) is 24.9 Å². The van der Waals surface area contributed by atoms with Gasteiger partial charge in [-0.05, 0) is 48.8 Å². The molecule has 206 valence electrons. The molecular formula is C31H41NO6. The van der Waals surface area contributed by atoms with Gasteiger partial charge in [-0.15, -0.1) is 0 Å². The van der Waals surface area contributed by atoms with Crippen molar-refractivity contribution >= 4 is 11.8 Å². The Balaban J connectivity index is 1.39. The van der Waals surface area contributed by atoms with Crippen LogP contribution in [0.3, 0.4) is 0 Å². The minimum Gasteiger partial charge on any atom is -0.458 e. The lowest BCUT2D eigenvalue weighted by Crippen LogP contribution is -2.61. The Morgan fingerprint density at radius 3 is 2.53 bits per heavy atom. The topological polar surface area (TPSA) is 130 Å². The van der Waals surface area contributed by atoms with Gasteiger partial charge in [-0.3, -0.25) is 9.59 Å². The maximum absolute atomic E-state index is 13.2. The molecule has 1 unspecified atom stereocenters. The van der Waals surface area contributed by atoms with Gasteiger partial charge < -0.3 is 25.8 Å². The second-order valence-electron chi connectivity index (χ2n) is 12.8. The average molecular weight is 524 g/mol. The van der Waals surface area contributed by atoms with Crippen molar-refractivity contribution in [3.8, 4) is 0 Å². The highest BCUT2D eigenvalue weighted by atomic mass is 16.6. The first kappa shape index (κ1) is 27.3. The number of ketones is 1. The Labute approximate surface area is 224 Å². The summed E-state index contributed by atoms with van der Waals surface area (Å²) in [6.45, 7) is 7.34. The smallest absolute Gasteiger partial charge is 0.307 e. The lowest BCUT2D eigenvalue weighted by atomic mass is 9.60. The molecule has 7 heteroatoms. The van der Waals surface area contributed by atoms with Crippen LogP contribution in [0.2, 0.25) is 0 Å². The van der Waals surface area contributed by atoms with E-state index >= 15 is 0 Å². The summed E-state index contributed by atoms with van der Waals surface area (Å²) in [6.07, 6.45) is 5.50. The number of carbonyl (C=O) groups is 2. The number of aliphatic hydroxyl groups is 3. The quantitative estimate of drug-likeness (QED) is 0.319. The molecule has 0 saturated heterocycles. The molecule has 7 nitrogen and oxygen atoms in total. The lowest BCUT2D eigenvalue weighted by molar-refractivity contribution is -0.187. The van der Waals surface area contributed by atoms with Crippen molar-refractivity contribution in [2.75, 3.05) is 6.61 Å². The Morgan fingerprint density at radius 2 is 1.87 bits per heavy atom. The molecule has 0 aromatic heterocycles. The maximum atomic E-state index is 13.2. The molecule has 2 saturated carbocycles. The molecular weight excluding hydrogens is 482 g/mol. The predicted octanol–water partition coefficient (Wildman–Crippen LogP) is 2.86. The molecule has 0 bridgehead atoms. The minimum atomic E-state index is -1.79. The average Bonchev–Trinajstić information content (AvgIpc) is 3.27. The fourth-order valence-electron chi connectivity index (χ4n) is 8.16. The van der Waals surface area contributed by atoms with Crippen LogP contribution in [-0.2, 0) is 20.7 Å². The number of hydrogen-bond donors (Lipinski definition) is 4. The molecule has 2 fully saturated rings. The zero-order chi connectivity index (χ0) is 27.7. The molecule has 0 spiro atoms. The van der Waals surface area contributed by atoms with Gasteiger partial charge in [0.1, 0.15) is 11.2 Å². The fourth-order valence-corrected chi connectivity index (χ4v) is 8.16. The van der Waals surface area contributed by atoms with E-state index in [0.29, 0.717) is 24.0 Å². The van der Waals surface area contributed by atoms with E-state index in [4.69, 9.17) is 10.5 Å². The molecule has 0 radical (unpaired) electrons. The molecule has 0 amide bonds.